The van der Waals surface area contributed by atoms with Crippen LogP contribution in [-0.4, -0.2) is 24.8 Å². The van der Waals surface area contributed by atoms with Gasteiger partial charge in [0.25, 0.3) is 0 Å². The fraction of sp³-hybridized carbons (Fsp3) is 0.368. The molecule has 22 heavy (non-hydrogen) atoms. The van der Waals surface area contributed by atoms with Crippen molar-refractivity contribution in [3.8, 4) is 5.75 Å². The molecule has 116 valence electrons. The van der Waals surface area contributed by atoms with Crippen LogP contribution in [0.1, 0.15) is 24.0 Å². The Morgan fingerprint density at radius 1 is 0.955 bits per heavy atom. The molecule has 3 heteroatoms. The first kappa shape index (κ1) is 15.1. The zero-order valence-corrected chi connectivity index (χ0v) is 12.8. The average Bonchev–Trinajstić information content (AvgIpc) is 2.57. The average molecular weight is 297 g/mol. The van der Waals surface area contributed by atoms with Crippen LogP contribution in [0.3, 0.4) is 0 Å². The van der Waals surface area contributed by atoms with Crippen LogP contribution in [0.4, 0.5) is 0 Å². The molecule has 1 aliphatic rings. The van der Waals surface area contributed by atoms with E-state index in [2.05, 4.69) is 17.4 Å². The van der Waals surface area contributed by atoms with Crippen molar-refractivity contribution >= 4 is 0 Å². The number of nitrogens with one attached hydrogen (secondary N) is 1. The van der Waals surface area contributed by atoms with Gasteiger partial charge in [-0.1, -0.05) is 42.5 Å². The summed E-state index contributed by atoms with van der Waals surface area (Å²) >= 11 is 0. The molecule has 0 bridgehead atoms. The van der Waals surface area contributed by atoms with Crippen molar-refractivity contribution in [3.63, 3.8) is 0 Å². The van der Waals surface area contributed by atoms with Crippen LogP contribution in [0, 0.1) is 0 Å². The lowest BCUT2D eigenvalue weighted by Gasteiger charge is -2.38. The van der Waals surface area contributed by atoms with E-state index in [0.717, 1.165) is 25.9 Å². The number of hydrogen-bond acceptors (Lipinski definition) is 3. The SMILES string of the molecule is Oc1ccc(C2(COCc3ccccc3)CCNCC2)cc1. The number of benzene rings is 2. The van der Waals surface area contributed by atoms with E-state index in [9.17, 15) is 5.11 Å². The lowest BCUT2D eigenvalue weighted by molar-refractivity contribution is 0.0565. The van der Waals surface area contributed by atoms with E-state index in [1.165, 1.54) is 11.1 Å². The number of aromatic hydroxyl groups is 1. The molecule has 2 aromatic rings. The van der Waals surface area contributed by atoms with Crippen LogP contribution < -0.4 is 5.32 Å². The van der Waals surface area contributed by atoms with Crippen molar-refractivity contribution in [2.45, 2.75) is 24.9 Å². The maximum absolute atomic E-state index is 9.52. The maximum Gasteiger partial charge on any atom is 0.115 e. The van der Waals surface area contributed by atoms with E-state index in [4.69, 9.17) is 4.74 Å². The van der Waals surface area contributed by atoms with Crippen LogP contribution in [0.2, 0.25) is 0 Å². The highest BCUT2D eigenvalue weighted by molar-refractivity contribution is 5.32. The van der Waals surface area contributed by atoms with Crippen molar-refractivity contribution in [3.05, 3.63) is 65.7 Å². The highest BCUT2D eigenvalue weighted by atomic mass is 16.5. The monoisotopic (exact) mass is 297 g/mol. The minimum Gasteiger partial charge on any atom is -0.508 e. The number of hydrogen-bond donors (Lipinski definition) is 2. The Balaban J connectivity index is 1.70. The maximum atomic E-state index is 9.52. The fourth-order valence-corrected chi connectivity index (χ4v) is 3.18. The van der Waals surface area contributed by atoms with Gasteiger partial charge in [-0.3, -0.25) is 0 Å². The van der Waals surface area contributed by atoms with Gasteiger partial charge in [0.15, 0.2) is 0 Å². The molecule has 0 unspecified atom stereocenters. The first-order chi connectivity index (χ1) is 10.8. The molecule has 1 fully saturated rings. The first-order valence-electron chi connectivity index (χ1n) is 7.90. The molecule has 3 rings (SSSR count). The van der Waals surface area contributed by atoms with E-state index < -0.39 is 0 Å². The summed E-state index contributed by atoms with van der Waals surface area (Å²) in [7, 11) is 0. The van der Waals surface area contributed by atoms with Gasteiger partial charge in [0, 0.05) is 5.41 Å². The predicted octanol–water partition coefficient (Wildman–Crippen LogP) is 3.23. The highest BCUT2D eigenvalue weighted by Gasteiger charge is 2.34. The summed E-state index contributed by atoms with van der Waals surface area (Å²) in [6.45, 7) is 3.38. The Kier molecular flexibility index (Phi) is 4.76. The van der Waals surface area contributed by atoms with Gasteiger partial charge in [0.05, 0.1) is 13.2 Å². The normalized spacial score (nSPS) is 17.3. The standard InChI is InChI=1S/C19H23NO2/c21-18-8-6-17(7-9-18)19(10-12-20-13-11-19)15-22-14-16-4-2-1-3-5-16/h1-9,20-21H,10-15H2. The van der Waals surface area contributed by atoms with Gasteiger partial charge in [-0.05, 0) is 49.2 Å². The summed E-state index contributed by atoms with van der Waals surface area (Å²) in [6, 6.07) is 17.9. The van der Waals surface area contributed by atoms with Crippen LogP contribution in [0.5, 0.6) is 5.75 Å². The smallest absolute Gasteiger partial charge is 0.115 e. The van der Waals surface area contributed by atoms with E-state index >= 15 is 0 Å². The van der Waals surface area contributed by atoms with Crippen molar-refractivity contribution in [1.29, 1.82) is 0 Å². The Morgan fingerprint density at radius 3 is 2.32 bits per heavy atom. The summed E-state index contributed by atoms with van der Waals surface area (Å²) in [4.78, 5) is 0. The minimum atomic E-state index is 0.0493. The molecule has 0 aliphatic carbocycles. The zero-order chi connectivity index (χ0) is 15.3. The molecule has 1 aliphatic heterocycles. The van der Waals surface area contributed by atoms with Gasteiger partial charge < -0.3 is 15.2 Å². The molecule has 1 saturated heterocycles. The minimum absolute atomic E-state index is 0.0493. The second-order valence-corrected chi connectivity index (χ2v) is 6.06. The van der Waals surface area contributed by atoms with E-state index in [1.54, 1.807) is 12.1 Å². The molecule has 0 spiro atoms. The third kappa shape index (κ3) is 3.49. The number of phenols is 1. The summed E-state index contributed by atoms with van der Waals surface area (Å²) < 4.78 is 6.06. The van der Waals surface area contributed by atoms with Crippen molar-refractivity contribution < 1.29 is 9.84 Å². The van der Waals surface area contributed by atoms with Crippen molar-refractivity contribution in [2.24, 2.45) is 0 Å². The first-order valence-corrected chi connectivity index (χ1v) is 7.90. The summed E-state index contributed by atoms with van der Waals surface area (Å²) in [6.07, 6.45) is 2.12. The van der Waals surface area contributed by atoms with E-state index in [0.29, 0.717) is 19.0 Å². The Bertz CT molecular complexity index is 574. The van der Waals surface area contributed by atoms with Crippen LogP contribution in [0.25, 0.3) is 0 Å². The van der Waals surface area contributed by atoms with Crippen molar-refractivity contribution in [1.82, 2.24) is 5.32 Å². The van der Waals surface area contributed by atoms with Crippen LogP contribution in [0.15, 0.2) is 54.6 Å². The predicted molar refractivity (Wildman–Crippen MR) is 88.0 cm³/mol. The summed E-state index contributed by atoms with van der Waals surface area (Å²) in [5.74, 6) is 0.318. The molecule has 1 heterocycles. The lowest BCUT2D eigenvalue weighted by Crippen LogP contribution is -2.43. The van der Waals surface area contributed by atoms with Gasteiger partial charge in [0.2, 0.25) is 0 Å². The van der Waals surface area contributed by atoms with Gasteiger partial charge in [-0.15, -0.1) is 0 Å². The second kappa shape index (κ2) is 6.95. The van der Waals surface area contributed by atoms with Crippen LogP contribution in [-0.2, 0) is 16.8 Å². The van der Waals surface area contributed by atoms with Crippen LogP contribution >= 0.6 is 0 Å². The highest BCUT2D eigenvalue weighted by Crippen LogP contribution is 2.34. The zero-order valence-electron chi connectivity index (χ0n) is 12.8. The topological polar surface area (TPSA) is 41.5 Å². The number of piperidine rings is 1. The van der Waals surface area contributed by atoms with Crippen molar-refractivity contribution in [2.75, 3.05) is 19.7 Å². The van der Waals surface area contributed by atoms with Gasteiger partial charge >= 0.3 is 0 Å². The van der Waals surface area contributed by atoms with Gasteiger partial charge in [-0.25, -0.2) is 0 Å². The Morgan fingerprint density at radius 2 is 1.64 bits per heavy atom. The molecule has 2 aromatic carbocycles. The number of ether oxygens (including phenoxy) is 1. The molecule has 0 atom stereocenters. The molecule has 0 radical (unpaired) electrons. The second-order valence-electron chi connectivity index (χ2n) is 6.06. The molecule has 3 nitrogen and oxygen atoms in total. The number of phenolic OH excluding ortho intramolecular Hbond substituents is 1. The fourth-order valence-electron chi connectivity index (χ4n) is 3.18. The molecule has 2 N–H and O–H groups in total. The molecular formula is C19H23NO2. The molecule has 0 amide bonds. The number of rotatable bonds is 5. The third-order valence-electron chi connectivity index (χ3n) is 4.53. The van der Waals surface area contributed by atoms with E-state index in [1.807, 2.05) is 30.3 Å². The summed E-state index contributed by atoms with van der Waals surface area (Å²) in [5, 5.41) is 12.9. The third-order valence-corrected chi connectivity index (χ3v) is 4.53. The van der Waals surface area contributed by atoms with Gasteiger partial charge in [0.1, 0.15) is 5.75 Å². The van der Waals surface area contributed by atoms with Gasteiger partial charge in [-0.2, -0.15) is 0 Å². The summed E-state index contributed by atoms with van der Waals surface area (Å²) in [5.41, 5.74) is 2.52. The Hall–Kier alpha value is -1.84. The molecule has 0 aromatic heterocycles. The lowest BCUT2D eigenvalue weighted by atomic mass is 9.74. The molecular weight excluding hydrogens is 274 g/mol. The van der Waals surface area contributed by atoms with E-state index in [-0.39, 0.29) is 5.41 Å². The Labute approximate surface area is 131 Å². The quantitative estimate of drug-likeness (QED) is 0.890. The largest absolute Gasteiger partial charge is 0.508 e. The molecule has 0 saturated carbocycles.